The average Bonchev–Trinajstić information content (AvgIpc) is 2.34. The highest BCUT2D eigenvalue weighted by molar-refractivity contribution is 9.10. The molecule has 0 spiro atoms. The summed E-state index contributed by atoms with van der Waals surface area (Å²) in [7, 11) is 0. The Kier molecular flexibility index (Phi) is 3.73. The van der Waals surface area contributed by atoms with Gasteiger partial charge in [0.15, 0.2) is 5.75 Å². The third kappa shape index (κ3) is 2.74. The van der Waals surface area contributed by atoms with Gasteiger partial charge >= 0.3 is 0 Å². The van der Waals surface area contributed by atoms with Crippen molar-refractivity contribution in [1.29, 1.82) is 0 Å². The van der Waals surface area contributed by atoms with Gasteiger partial charge in [0.25, 0.3) is 5.69 Å². The number of ether oxygens (including phenoxy) is 1. The van der Waals surface area contributed by atoms with E-state index in [1.807, 2.05) is 0 Å². The van der Waals surface area contributed by atoms with Crippen LogP contribution in [0.4, 0.5) is 5.69 Å². The zero-order valence-electron chi connectivity index (χ0n) is 8.71. The largest absolute Gasteiger partial charge is 0.436 e. The Labute approximate surface area is 115 Å². The Hall–Kier alpha value is -1.73. The Morgan fingerprint density at radius 1 is 1.44 bits per heavy atom. The maximum atomic E-state index is 10.7. The summed E-state index contributed by atoms with van der Waals surface area (Å²) < 4.78 is 5.92. The molecular weight excluding hydrogens is 325 g/mol. The van der Waals surface area contributed by atoms with Gasteiger partial charge in [0.05, 0.1) is 20.5 Å². The number of hydrogen-bond donors (Lipinski definition) is 0. The van der Waals surface area contributed by atoms with E-state index < -0.39 is 4.92 Å². The molecule has 0 unspecified atom stereocenters. The topological polar surface area (TPSA) is 78.2 Å². The van der Waals surface area contributed by atoms with E-state index in [1.54, 1.807) is 0 Å². The second kappa shape index (κ2) is 5.28. The molecule has 0 aliphatic rings. The second-order valence-electron chi connectivity index (χ2n) is 3.15. The summed E-state index contributed by atoms with van der Waals surface area (Å²) in [6, 6.07) is 3.92. The first-order chi connectivity index (χ1) is 8.58. The lowest BCUT2D eigenvalue weighted by Crippen LogP contribution is -1.93. The van der Waals surface area contributed by atoms with Crippen molar-refractivity contribution in [2.45, 2.75) is 0 Å². The molecule has 2 aromatic rings. The van der Waals surface area contributed by atoms with Crippen LogP contribution in [-0.2, 0) is 0 Å². The fraction of sp³-hybridized carbons (Fsp3) is 0. The summed E-state index contributed by atoms with van der Waals surface area (Å²) in [6.45, 7) is 0. The lowest BCUT2D eigenvalue weighted by Gasteiger charge is -2.07. The molecule has 0 aliphatic heterocycles. The number of non-ortho nitro benzene ring substituents is 1. The third-order valence-electron chi connectivity index (χ3n) is 1.97. The van der Waals surface area contributed by atoms with Gasteiger partial charge in [0.1, 0.15) is 6.33 Å². The van der Waals surface area contributed by atoms with E-state index in [4.69, 9.17) is 16.3 Å². The lowest BCUT2D eigenvalue weighted by atomic mass is 10.3. The smallest absolute Gasteiger partial charge is 0.273 e. The number of nitro benzene ring substituents is 1. The number of hydrogen-bond acceptors (Lipinski definition) is 5. The molecule has 92 valence electrons. The first-order valence-electron chi connectivity index (χ1n) is 4.65. The summed E-state index contributed by atoms with van der Waals surface area (Å²) in [5.41, 5.74) is -0.112. The van der Waals surface area contributed by atoms with Crippen LogP contribution >= 0.6 is 27.5 Å². The predicted octanol–water partition coefficient (Wildman–Crippen LogP) is 3.59. The molecule has 8 heteroatoms. The van der Waals surface area contributed by atoms with Gasteiger partial charge < -0.3 is 4.74 Å². The average molecular weight is 331 g/mol. The van der Waals surface area contributed by atoms with Gasteiger partial charge in [-0.2, -0.15) is 0 Å². The first kappa shape index (κ1) is 12.7. The van der Waals surface area contributed by atoms with Crippen LogP contribution in [0.15, 0.2) is 35.2 Å². The second-order valence-corrected chi connectivity index (χ2v) is 4.41. The molecule has 0 saturated carbocycles. The van der Waals surface area contributed by atoms with Gasteiger partial charge in [0, 0.05) is 12.3 Å². The molecule has 1 heterocycles. The molecule has 0 atom stereocenters. The Balaban J connectivity index is 2.37. The van der Waals surface area contributed by atoms with Gasteiger partial charge in [-0.05, 0) is 22.0 Å². The summed E-state index contributed by atoms with van der Waals surface area (Å²) in [6.07, 6.45) is 2.79. The van der Waals surface area contributed by atoms with Gasteiger partial charge in [-0.15, -0.1) is 0 Å². The minimum atomic E-state index is -0.530. The summed E-state index contributed by atoms with van der Waals surface area (Å²) >= 11 is 9.10. The molecule has 18 heavy (non-hydrogen) atoms. The fourth-order valence-corrected chi connectivity index (χ4v) is 1.62. The molecule has 0 bridgehead atoms. The van der Waals surface area contributed by atoms with Crippen LogP contribution in [0.5, 0.6) is 11.6 Å². The van der Waals surface area contributed by atoms with Crippen LogP contribution in [0.25, 0.3) is 0 Å². The monoisotopic (exact) mass is 329 g/mol. The van der Waals surface area contributed by atoms with E-state index in [2.05, 4.69) is 25.9 Å². The number of rotatable bonds is 3. The first-order valence-corrected chi connectivity index (χ1v) is 5.82. The van der Waals surface area contributed by atoms with Crippen LogP contribution in [0, 0.1) is 10.1 Å². The van der Waals surface area contributed by atoms with Crippen molar-refractivity contribution < 1.29 is 9.66 Å². The molecule has 0 radical (unpaired) electrons. The van der Waals surface area contributed by atoms with Crippen molar-refractivity contribution in [3.63, 3.8) is 0 Å². The van der Waals surface area contributed by atoms with Crippen molar-refractivity contribution in [2.75, 3.05) is 0 Å². The molecule has 2 rings (SSSR count). The number of aromatic nitrogens is 2. The quantitative estimate of drug-likeness (QED) is 0.635. The van der Waals surface area contributed by atoms with E-state index in [0.717, 1.165) is 0 Å². The number of benzene rings is 1. The van der Waals surface area contributed by atoms with Gasteiger partial charge in [-0.25, -0.2) is 9.97 Å². The highest BCUT2D eigenvalue weighted by Crippen LogP contribution is 2.34. The number of halogens is 2. The molecule has 1 aromatic heterocycles. The summed E-state index contributed by atoms with van der Waals surface area (Å²) in [5.74, 6) is 0.387. The van der Waals surface area contributed by atoms with Gasteiger partial charge in [0.2, 0.25) is 5.88 Å². The van der Waals surface area contributed by atoms with Crippen molar-refractivity contribution in [2.24, 2.45) is 0 Å². The van der Waals surface area contributed by atoms with Crippen LogP contribution in [-0.4, -0.2) is 14.9 Å². The SMILES string of the molecule is O=[N+]([O-])c1ccc(Cl)c(Oc2ncncc2Br)c1. The standard InChI is InChI=1S/C10H5BrClN3O3/c11-7-4-13-5-14-10(7)18-9-3-6(15(16)17)1-2-8(9)12/h1-5H. The molecule has 1 aromatic carbocycles. The van der Waals surface area contributed by atoms with Crippen molar-refractivity contribution in [3.05, 3.63) is 50.3 Å². The van der Waals surface area contributed by atoms with Crippen LogP contribution in [0.3, 0.4) is 0 Å². The lowest BCUT2D eigenvalue weighted by molar-refractivity contribution is -0.384. The third-order valence-corrected chi connectivity index (χ3v) is 2.82. The molecule has 0 N–H and O–H groups in total. The van der Waals surface area contributed by atoms with Gasteiger partial charge in [-0.1, -0.05) is 11.6 Å². The zero-order chi connectivity index (χ0) is 13.1. The van der Waals surface area contributed by atoms with E-state index in [9.17, 15) is 10.1 Å². The number of nitrogens with zero attached hydrogens (tertiary/aromatic N) is 3. The minimum absolute atomic E-state index is 0.112. The highest BCUT2D eigenvalue weighted by Gasteiger charge is 2.13. The Morgan fingerprint density at radius 2 is 2.22 bits per heavy atom. The fourth-order valence-electron chi connectivity index (χ4n) is 1.16. The van der Waals surface area contributed by atoms with E-state index in [1.165, 1.54) is 30.7 Å². The molecule has 0 amide bonds. The van der Waals surface area contributed by atoms with Crippen LogP contribution in [0.1, 0.15) is 0 Å². The van der Waals surface area contributed by atoms with Crippen molar-refractivity contribution in [1.82, 2.24) is 9.97 Å². The predicted molar refractivity (Wildman–Crippen MR) is 67.9 cm³/mol. The van der Waals surface area contributed by atoms with Crippen LogP contribution in [0.2, 0.25) is 5.02 Å². The minimum Gasteiger partial charge on any atom is -0.436 e. The van der Waals surface area contributed by atoms with Crippen molar-refractivity contribution in [3.8, 4) is 11.6 Å². The molecule has 0 saturated heterocycles. The van der Waals surface area contributed by atoms with E-state index in [0.29, 0.717) is 4.47 Å². The number of nitro groups is 1. The van der Waals surface area contributed by atoms with Gasteiger partial charge in [-0.3, -0.25) is 10.1 Å². The summed E-state index contributed by atoms with van der Waals surface area (Å²) in [5, 5.41) is 10.9. The van der Waals surface area contributed by atoms with Crippen LogP contribution < -0.4 is 4.74 Å². The molecule has 0 fully saturated rings. The Bertz CT molecular complexity index is 609. The molecule has 6 nitrogen and oxygen atoms in total. The normalized spacial score (nSPS) is 10.1. The summed E-state index contributed by atoms with van der Waals surface area (Å²) in [4.78, 5) is 17.8. The van der Waals surface area contributed by atoms with E-state index in [-0.39, 0.29) is 22.3 Å². The van der Waals surface area contributed by atoms with Crippen molar-refractivity contribution >= 4 is 33.2 Å². The maximum Gasteiger partial charge on any atom is 0.273 e. The molecular formula is C10H5BrClN3O3. The zero-order valence-corrected chi connectivity index (χ0v) is 11.1. The Morgan fingerprint density at radius 3 is 2.89 bits per heavy atom. The highest BCUT2D eigenvalue weighted by atomic mass is 79.9. The maximum absolute atomic E-state index is 10.7. The molecule has 0 aliphatic carbocycles. The van der Waals surface area contributed by atoms with E-state index >= 15 is 0 Å².